The summed E-state index contributed by atoms with van der Waals surface area (Å²) in [4.78, 5) is -0.0741. The first kappa shape index (κ1) is 25.1. The van der Waals surface area contributed by atoms with Crippen LogP contribution in [0.3, 0.4) is 0 Å². The SMILES string of the molecule is CC(C)CCCCCCCCCNC(C)C.O=S(=O)(O)c1ccccc1. The van der Waals surface area contributed by atoms with Gasteiger partial charge in [-0.15, -0.1) is 0 Å². The molecular weight excluding hydrogens is 346 g/mol. The maximum Gasteiger partial charge on any atom is 0.294 e. The molecule has 0 radical (unpaired) electrons. The number of unbranched alkanes of at least 4 members (excludes halogenated alkanes) is 6. The van der Waals surface area contributed by atoms with E-state index in [1.54, 1.807) is 18.2 Å². The van der Waals surface area contributed by atoms with Crippen LogP contribution in [0.15, 0.2) is 35.2 Å². The van der Waals surface area contributed by atoms with E-state index in [0.29, 0.717) is 6.04 Å². The fraction of sp³-hybridized carbons (Fsp3) is 0.714. The van der Waals surface area contributed by atoms with Crippen molar-refractivity contribution in [3.8, 4) is 0 Å². The van der Waals surface area contributed by atoms with Crippen LogP contribution in [0, 0.1) is 5.92 Å². The second-order valence-electron chi connectivity index (χ2n) is 7.55. The van der Waals surface area contributed by atoms with Crippen molar-refractivity contribution in [3.05, 3.63) is 30.3 Å². The maximum atomic E-state index is 10.4. The summed E-state index contributed by atoms with van der Waals surface area (Å²) in [5, 5.41) is 3.47. The van der Waals surface area contributed by atoms with Crippen molar-refractivity contribution in [1.82, 2.24) is 5.32 Å². The highest BCUT2D eigenvalue weighted by atomic mass is 32.2. The monoisotopic (exact) mass is 385 g/mol. The van der Waals surface area contributed by atoms with Gasteiger partial charge in [-0.3, -0.25) is 4.55 Å². The van der Waals surface area contributed by atoms with Crippen LogP contribution >= 0.6 is 0 Å². The average molecular weight is 386 g/mol. The third-order valence-corrected chi connectivity index (χ3v) is 4.92. The maximum absolute atomic E-state index is 10.4. The lowest BCUT2D eigenvalue weighted by Crippen LogP contribution is -2.23. The molecule has 4 nitrogen and oxygen atoms in total. The molecular formula is C21H39NO3S. The van der Waals surface area contributed by atoms with Crippen molar-refractivity contribution in [2.75, 3.05) is 6.54 Å². The van der Waals surface area contributed by atoms with Gasteiger partial charge < -0.3 is 5.32 Å². The zero-order valence-electron chi connectivity index (χ0n) is 17.1. The first-order valence-corrected chi connectivity index (χ1v) is 11.4. The van der Waals surface area contributed by atoms with E-state index < -0.39 is 10.1 Å². The molecule has 0 bridgehead atoms. The lowest BCUT2D eigenvalue weighted by molar-refractivity contribution is 0.483. The van der Waals surface area contributed by atoms with Crippen LogP contribution in [-0.4, -0.2) is 25.6 Å². The summed E-state index contributed by atoms with van der Waals surface area (Å²) in [6.07, 6.45) is 11.4. The summed E-state index contributed by atoms with van der Waals surface area (Å²) in [5.41, 5.74) is 0. The third kappa shape index (κ3) is 16.6. The Morgan fingerprint density at radius 1 is 0.846 bits per heavy atom. The molecule has 0 saturated carbocycles. The standard InChI is InChI=1S/C15H33N.C6H6O3S/c1-14(2)12-10-8-6-5-7-9-11-13-16-15(3)4;7-10(8,9)6-4-2-1-3-5-6/h14-16H,5-13H2,1-4H3;1-5H,(H,7,8,9). The summed E-state index contributed by atoms with van der Waals surface area (Å²) in [5.74, 6) is 0.891. The molecule has 0 amide bonds. The predicted octanol–water partition coefficient (Wildman–Crippen LogP) is 5.69. The van der Waals surface area contributed by atoms with Crippen LogP contribution in [0.2, 0.25) is 0 Å². The highest BCUT2D eigenvalue weighted by Crippen LogP contribution is 2.11. The van der Waals surface area contributed by atoms with Gasteiger partial charge in [-0.25, -0.2) is 0 Å². The largest absolute Gasteiger partial charge is 0.315 e. The summed E-state index contributed by atoms with van der Waals surface area (Å²) >= 11 is 0. The molecule has 0 aliphatic carbocycles. The molecule has 0 aliphatic rings. The minimum Gasteiger partial charge on any atom is -0.315 e. The third-order valence-electron chi connectivity index (χ3n) is 4.05. The van der Waals surface area contributed by atoms with E-state index in [2.05, 4.69) is 33.0 Å². The van der Waals surface area contributed by atoms with Crippen molar-refractivity contribution in [3.63, 3.8) is 0 Å². The fourth-order valence-electron chi connectivity index (χ4n) is 2.54. The molecule has 26 heavy (non-hydrogen) atoms. The number of hydrogen-bond acceptors (Lipinski definition) is 3. The Labute approximate surface area is 161 Å². The van der Waals surface area contributed by atoms with E-state index in [1.807, 2.05) is 0 Å². The van der Waals surface area contributed by atoms with Crippen molar-refractivity contribution in [1.29, 1.82) is 0 Å². The molecule has 0 aromatic heterocycles. The van der Waals surface area contributed by atoms with Crippen LogP contribution in [0.4, 0.5) is 0 Å². The smallest absolute Gasteiger partial charge is 0.294 e. The highest BCUT2D eigenvalue weighted by molar-refractivity contribution is 7.85. The van der Waals surface area contributed by atoms with E-state index in [0.717, 1.165) is 5.92 Å². The fourth-order valence-corrected chi connectivity index (χ4v) is 3.05. The van der Waals surface area contributed by atoms with Crippen molar-refractivity contribution in [2.24, 2.45) is 5.92 Å². The Balaban J connectivity index is 0.000000531. The Morgan fingerprint density at radius 2 is 1.35 bits per heavy atom. The lowest BCUT2D eigenvalue weighted by Gasteiger charge is -2.07. The van der Waals surface area contributed by atoms with Crippen LogP contribution in [0.1, 0.15) is 79.1 Å². The second-order valence-corrected chi connectivity index (χ2v) is 8.98. The van der Waals surface area contributed by atoms with Gasteiger partial charge in [-0.2, -0.15) is 8.42 Å². The molecule has 0 atom stereocenters. The minimum atomic E-state index is -4.00. The Hall–Kier alpha value is -0.910. The van der Waals surface area contributed by atoms with Crippen molar-refractivity contribution < 1.29 is 13.0 Å². The van der Waals surface area contributed by atoms with E-state index in [4.69, 9.17) is 4.55 Å². The van der Waals surface area contributed by atoms with E-state index >= 15 is 0 Å². The predicted molar refractivity (Wildman–Crippen MR) is 111 cm³/mol. The van der Waals surface area contributed by atoms with Gasteiger partial charge in [0.2, 0.25) is 0 Å². The minimum absolute atomic E-state index is 0.0741. The number of benzene rings is 1. The van der Waals surface area contributed by atoms with E-state index in [9.17, 15) is 8.42 Å². The van der Waals surface area contributed by atoms with Gasteiger partial charge in [-0.1, -0.05) is 90.8 Å². The van der Waals surface area contributed by atoms with Gasteiger partial charge in [0.05, 0.1) is 4.90 Å². The van der Waals surface area contributed by atoms with E-state index in [1.165, 1.54) is 70.0 Å². The van der Waals surface area contributed by atoms with Gasteiger partial charge in [0, 0.05) is 6.04 Å². The molecule has 2 N–H and O–H groups in total. The summed E-state index contributed by atoms with van der Waals surface area (Å²) in [7, 11) is -4.00. The summed E-state index contributed by atoms with van der Waals surface area (Å²) < 4.78 is 29.2. The highest BCUT2D eigenvalue weighted by Gasteiger charge is 2.05. The van der Waals surface area contributed by atoms with Crippen molar-refractivity contribution >= 4 is 10.1 Å². The van der Waals surface area contributed by atoms with Crippen LogP contribution < -0.4 is 5.32 Å². The van der Waals surface area contributed by atoms with Gasteiger partial charge in [-0.05, 0) is 31.0 Å². The van der Waals surface area contributed by atoms with Gasteiger partial charge in [0.25, 0.3) is 10.1 Å². The van der Waals surface area contributed by atoms with Crippen molar-refractivity contribution in [2.45, 2.75) is 90.0 Å². The average Bonchev–Trinajstić information content (AvgIpc) is 2.56. The first-order chi connectivity index (χ1) is 12.2. The summed E-state index contributed by atoms with van der Waals surface area (Å²) in [6.45, 7) is 10.3. The zero-order valence-corrected chi connectivity index (χ0v) is 17.9. The number of rotatable bonds is 12. The Bertz CT molecular complexity index is 511. The molecule has 0 saturated heterocycles. The Morgan fingerprint density at radius 3 is 1.77 bits per heavy atom. The van der Waals surface area contributed by atoms with E-state index in [-0.39, 0.29) is 4.90 Å². The van der Waals surface area contributed by atoms with Gasteiger partial charge >= 0.3 is 0 Å². The number of hydrogen-bond donors (Lipinski definition) is 2. The zero-order chi connectivity index (χ0) is 19.8. The van der Waals surface area contributed by atoms with Crippen LogP contribution in [-0.2, 0) is 10.1 Å². The number of nitrogens with one attached hydrogen (secondary N) is 1. The Kier molecular flexibility index (Phi) is 14.6. The molecule has 0 unspecified atom stereocenters. The van der Waals surface area contributed by atoms with Crippen LogP contribution in [0.5, 0.6) is 0 Å². The molecule has 0 spiro atoms. The molecule has 0 aliphatic heterocycles. The quantitative estimate of drug-likeness (QED) is 0.358. The van der Waals surface area contributed by atoms with Gasteiger partial charge in [0.1, 0.15) is 0 Å². The van der Waals surface area contributed by atoms with Crippen LogP contribution in [0.25, 0.3) is 0 Å². The molecule has 1 aromatic rings. The molecule has 5 heteroatoms. The second kappa shape index (κ2) is 15.2. The molecule has 1 aromatic carbocycles. The molecule has 152 valence electrons. The lowest BCUT2D eigenvalue weighted by atomic mass is 10.0. The normalized spacial score (nSPS) is 11.5. The molecule has 1 rings (SSSR count). The van der Waals surface area contributed by atoms with Gasteiger partial charge in [0.15, 0.2) is 0 Å². The molecule has 0 fully saturated rings. The first-order valence-electron chi connectivity index (χ1n) is 9.99. The summed E-state index contributed by atoms with van der Waals surface area (Å²) in [6, 6.07) is 8.07. The topological polar surface area (TPSA) is 66.4 Å². The molecule has 0 heterocycles.